The SMILES string of the molecule is COc1ccccc1[C@@H]1SCC(=O)N(CC(=O)N2CCN(C(C)=O)CC2)c2c1c(-c1ccccc1)nn2-c1ccccc1C. The first kappa shape index (κ1) is 29.5. The van der Waals surface area contributed by atoms with Gasteiger partial charge in [0.05, 0.1) is 29.5 Å². The van der Waals surface area contributed by atoms with Crippen LogP contribution in [0.1, 0.15) is 28.9 Å². The molecule has 3 amide bonds. The van der Waals surface area contributed by atoms with Crippen LogP contribution in [-0.2, 0) is 14.4 Å². The number of benzene rings is 3. The van der Waals surface area contributed by atoms with Crippen molar-refractivity contribution < 1.29 is 19.1 Å². The number of hydrogen-bond donors (Lipinski definition) is 0. The molecule has 0 bridgehead atoms. The average molecular weight is 610 g/mol. The summed E-state index contributed by atoms with van der Waals surface area (Å²) in [6.07, 6.45) is 0. The van der Waals surface area contributed by atoms with Crippen molar-refractivity contribution in [3.05, 3.63) is 95.6 Å². The smallest absolute Gasteiger partial charge is 0.242 e. The number of piperazine rings is 1. The molecule has 1 aromatic heterocycles. The lowest BCUT2D eigenvalue weighted by Crippen LogP contribution is -2.53. The minimum Gasteiger partial charge on any atom is -0.496 e. The number of para-hydroxylation sites is 2. The van der Waals surface area contributed by atoms with Gasteiger partial charge < -0.3 is 14.5 Å². The summed E-state index contributed by atoms with van der Waals surface area (Å²) in [5.41, 5.74) is 5.27. The first-order chi connectivity index (χ1) is 21.4. The number of thioether (sulfide) groups is 1. The number of nitrogens with zero attached hydrogens (tertiary/aromatic N) is 5. The highest BCUT2D eigenvalue weighted by Gasteiger charge is 2.39. The molecule has 0 spiro atoms. The molecular weight excluding hydrogens is 574 g/mol. The number of hydrogen-bond acceptors (Lipinski definition) is 6. The van der Waals surface area contributed by atoms with Gasteiger partial charge in [0.25, 0.3) is 0 Å². The molecule has 10 heteroatoms. The molecule has 226 valence electrons. The van der Waals surface area contributed by atoms with Crippen molar-refractivity contribution in [2.75, 3.05) is 50.5 Å². The number of methoxy groups -OCH3 is 1. The van der Waals surface area contributed by atoms with Crippen LogP contribution in [0.3, 0.4) is 0 Å². The van der Waals surface area contributed by atoms with Gasteiger partial charge in [0, 0.05) is 49.8 Å². The van der Waals surface area contributed by atoms with E-state index < -0.39 is 0 Å². The maximum absolute atomic E-state index is 14.1. The third kappa shape index (κ3) is 5.57. The van der Waals surface area contributed by atoms with Crippen molar-refractivity contribution in [3.63, 3.8) is 0 Å². The average Bonchev–Trinajstić information content (AvgIpc) is 3.37. The van der Waals surface area contributed by atoms with Crippen molar-refractivity contribution in [1.29, 1.82) is 0 Å². The van der Waals surface area contributed by atoms with Gasteiger partial charge in [-0.2, -0.15) is 5.10 Å². The molecule has 2 aliphatic rings. The topological polar surface area (TPSA) is 88.0 Å². The lowest BCUT2D eigenvalue weighted by Gasteiger charge is -2.35. The molecule has 6 rings (SSSR count). The molecule has 1 fully saturated rings. The molecule has 3 heterocycles. The van der Waals surface area contributed by atoms with Crippen molar-refractivity contribution in [1.82, 2.24) is 19.6 Å². The van der Waals surface area contributed by atoms with E-state index in [-0.39, 0.29) is 35.3 Å². The third-order valence-corrected chi connectivity index (χ3v) is 9.51. The number of aromatic nitrogens is 2. The summed E-state index contributed by atoms with van der Waals surface area (Å²) in [5, 5.41) is 4.91. The molecule has 0 aliphatic carbocycles. The van der Waals surface area contributed by atoms with E-state index in [0.717, 1.165) is 39.4 Å². The van der Waals surface area contributed by atoms with Gasteiger partial charge in [-0.15, -0.1) is 11.8 Å². The first-order valence-electron chi connectivity index (χ1n) is 14.7. The van der Waals surface area contributed by atoms with Crippen molar-refractivity contribution >= 4 is 35.3 Å². The van der Waals surface area contributed by atoms with Crippen LogP contribution in [-0.4, -0.2) is 82.9 Å². The summed E-state index contributed by atoms with van der Waals surface area (Å²) in [4.78, 5) is 44.9. The Hall–Kier alpha value is -4.57. The summed E-state index contributed by atoms with van der Waals surface area (Å²) in [7, 11) is 1.65. The second-order valence-corrected chi connectivity index (χ2v) is 12.0. The predicted molar refractivity (Wildman–Crippen MR) is 172 cm³/mol. The Morgan fingerprint density at radius 1 is 0.909 bits per heavy atom. The highest BCUT2D eigenvalue weighted by Crippen LogP contribution is 2.50. The number of carbonyl (C=O) groups excluding carboxylic acids is 3. The van der Waals surface area contributed by atoms with E-state index in [1.165, 1.54) is 11.8 Å². The molecule has 0 saturated carbocycles. The Kier molecular flexibility index (Phi) is 8.43. The molecule has 4 aromatic rings. The number of fused-ring (bicyclic) bond motifs is 1. The Morgan fingerprint density at radius 3 is 2.27 bits per heavy atom. The number of anilines is 1. The maximum atomic E-state index is 14.1. The highest BCUT2D eigenvalue weighted by atomic mass is 32.2. The molecule has 1 atom stereocenters. The molecule has 2 aliphatic heterocycles. The Balaban J connectivity index is 1.54. The van der Waals surface area contributed by atoms with Gasteiger partial charge in [-0.25, -0.2) is 4.68 Å². The minimum absolute atomic E-state index is 0.000539. The maximum Gasteiger partial charge on any atom is 0.242 e. The zero-order valence-corrected chi connectivity index (χ0v) is 25.9. The van der Waals surface area contributed by atoms with Gasteiger partial charge in [0.1, 0.15) is 18.1 Å². The fraction of sp³-hybridized carbons (Fsp3) is 0.294. The fourth-order valence-corrected chi connectivity index (χ4v) is 7.16. The molecular formula is C34H35N5O4S. The predicted octanol–water partition coefficient (Wildman–Crippen LogP) is 4.72. The van der Waals surface area contributed by atoms with Crippen LogP contribution in [0.2, 0.25) is 0 Å². The van der Waals surface area contributed by atoms with Gasteiger partial charge in [-0.3, -0.25) is 19.3 Å². The minimum atomic E-state index is -0.294. The van der Waals surface area contributed by atoms with Gasteiger partial charge >= 0.3 is 0 Å². The third-order valence-electron chi connectivity index (χ3n) is 8.27. The van der Waals surface area contributed by atoms with Crippen LogP contribution in [0.25, 0.3) is 16.9 Å². The summed E-state index contributed by atoms with van der Waals surface area (Å²) in [6.45, 7) is 5.24. The quantitative estimate of drug-likeness (QED) is 0.315. The second-order valence-electron chi connectivity index (χ2n) is 10.9. The zero-order valence-electron chi connectivity index (χ0n) is 25.1. The van der Waals surface area contributed by atoms with Gasteiger partial charge in [-0.05, 0) is 24.6 Å². The normalized spacial score (nSPS) is 16.8. The van der Waals surface area contributed by atoms with Crippen LogP contribution in [0.4, 0.5) is 5.82 Å². The summed E-state index contributed by atoms with van der Waals surface area (Å²) in [5.74, 6) is 1.15. The van der Waals surface area contributed by atoms with Crippen LogP contribution in [0, 0.1) is 6.92 Å². The Labute approximate surface area is 261 Å². The summed E-state index contributed by atoms with van der Waals surface area (Å²) >= 11 is 1.52. The molecule has 0 N–H and O–H groups in total. The van der Waals surface area contributed by atoms with Crippen LogP contribution in [0.15, 0.2) is 78.9 Å². The monoisotopic (exact) mass is 609 g/mol. The molecule has 3 aromatic carbocycles. The lowest BCUT2D eigenvalue weighted by atomic mass is 9.99. The van der Waals surface area contributed by atoms with Crippen LogP contribution >= 0.6 is 11.8 Å². The Bertz CT molecular complexity index is 1700. The molecule has 0 radical (unpaired) electrons. The van der Waals surface area contributed by atoms with Crippen molar-refractivity contribution in [2.24, 2.45) is 0 Å². The number of ether oxygens (including phenoxy) is 1. The van der Waals surface area contributed by atoms with E-state index in [2.05, 4.69) is 0 Å². The van der Waals surface area contributed by atoms with E-state index in [1.54, 1.807) is 28.7 Å². The van der Waals surface area contributed by atoms with E-state index >= 15 is 0 Å². The summed E-state index contributed by atoms with van der Waals surface area (Å²) < 4.78 is 7.64. The molecule has 44 heavy (non-hydrogen) atoms. The van der Waals surface area contributed by atoms with Crippen molar-refractivity contribution in [2.45, 2.75) is 19.1 Å². The number of carbonyl (C=O) groups is 3. The van der Waals surface area contributed by atoms with Gasteiger partial charge in [0.2, 0.25) is 17.7 Å². The lowest BCUT2D eigenvalue weighted by molar-refractivity contribution is -0.137. The van der Waals surface area contributed by atoms with Crippen LogP contribution in [0.5, 0.6) is 5.75 Å². The molecule has 9 nitrogen and oxygen atoms in total. The Morgan fingerprint density at radius 2 is 1.57 bits per heavy atom. The fourth-order valence-electron chi connectivity index (χ4n) is 5.93. The highest BCUT2D eigenvalue weighted by molar-refractivity contribution is 8.00. The zero-order chi connectivity index (χ0) is 30.8. The first-order valence-corrected chi connectivity index (χ1v) is 15.7. The molecule has 0 unspecified atom stereocenters. The van der Waals surface area contributed by atoms with E-state index in [1.807, 2.05) is 90.5 Å². The number of rotatable bonds is 6. The number of aryl methyl sites for hydroxylation is 1. The largest absolute Gasteiger partial charge is 0.496 e. The van der Waals surface area contributed by atoms with E-state index in [9.17, 15) is 14.4 Å². The van der Waals surface area contributed by atoms with Crippen LogP contribution < -0.4 is 9.64 Å². The molecule has 1 saturated heterocycles. The number of amides is 3. The summed E-state index contributed by atoms with van der Waals surface area (Å²) in [6, 6.07) is 25.7. The van der Waals surface area contributed by atoms with E-state index in [0.29, 0.717) is 32.0 Å². The van der Waals surface area contributed by atoms with Gasteiger partial charge in [-0.1, -0.05) is 66.7 Å². The second kappa shape index (κ2) is 12.6. The van der Waals surface area contributed by atoms with Gasteiger partial charge in [0.15, 0.2) is 0 Å². The standard InChI is InChI=1S/C34H35N5O4S/c1-23-11-7-9-15-27(23)39-34-31(32(35-39)25-12-5-4-6-13-25)33(26-14-8-10-16-28(26)43-3)44-22-30(42)38(34)21-29(41)37-19-17-36(18-20-37)24(2)40/h4-16,33H,17-22H2,1-3H3/t33-/m0/s1. The van der Waals surface area contributed by atoms with Crippen molar-refractivity contribution in [3.8, 4) is 22.7 Å². The van der Waals surface area contributed by atoms with E-state index in [4.69, 9.17) is 9.84 Å².